The summed E-state index contributed by atoms with van der Waals surface area (Å²) in [5, 5.41) is 8.55. The maximum atomic E-state index is 12.4. The molecule has 0 spiro atoms. The molecule has 0 aliphatic carbocycles. The Bertz CT molecular complexity index is 314. The summed E-state index contributed by atoms with van der Waals surface area (Å²) >= 11 is 0. The molecular weight excluding hydrogens is 165 g/mol. The number of ether oxygens (including phenoxy) is 1. The fourth-order valence-electron chi connectivity index (χ4n) is 0.747. The third-order valence-electron chi connectivity index (χ3n) is 1.28. The maximum Gasteiger partial charge on any atom is 0.339 e. The lowest BCUT2D eigenvalue weighted by atomic mass is 10.2. The molecule has 0 aromatic carbocycles. The minimum atomic E-state index is -1.24. The van der Waals surface area contributed by atoms with Crippen LogP contribution in [0.2, 0.25) is 0 Å². The van der Waals surface area contributed by atoms with Gasteiger partial charge in [-0.15, -0.1) is 0 Å². The summed E-state index contributed by atoms with van der Waals surface area (Å²) < 4.78 is 17.1. The van der Waals surface area contributed by atoms with Crippen molar-refractivity contribution < 1.29 is 19.0 Å². The van der Waals surface area contributed by atoms with Crippen LogP contribution in [0.1, 0.15) is 10.4 Å². The van der Waals surface area contributed by atoms with Gasteiger partial charge in [0.05, 0.1) is 13.3 Å². The molecule has 1 aromatic rings. The zero-order chi connectivity index (χ0) is 9.14. The van der Waals surface area contributed by atoms with E-state index in [2.05, 4.69) is 9.72 Å². The third kappa shape index (κ3) is 1.50. The van der Waals surface area contributed by atoms with Crippen molar-refractivity contribution in [3.63, 3.8) is 0 Å². The summed E-state index contributed by atoms with van der Waals surface area (Å²) in [6.07, 6.45) is 1.03. The number of halogens is 1. The smallest absolute Gasteiger partial charge is 0.339 e. The van der Waals surface area contributed by atoms with Gasteiger partial charge in [-0.3, -0.25) is 0 Å². The Morgan fingerprint density at radius 2 is 2.42 bits per heavy atom. The molecule has 0 bridgehead atoms. The Morgan fingerprint density at radius 1 is 1.75 bits per heavy atom. The van der Waals surface area contributed by atoms with E-state index in [4.69, 9.17) is 5.11 Å². The second-order valence-corrected chi connectivity index (χ2v) is 2.01. The van der Waals surface area contributed by atoms with Crippen LogP contribution in [0.4, 0.5) is 4.39 Å². The molecule has 0 aliphatic heterocycles. The van der Waals surface area contributed by atoms with Crippen molar-refractivity contribution in [1.29, 1.82) is 0 Å². The van der Waals surface area contributed by atoms with Crippen LogP contribution >= 0.6 is 0 Å². The first-order valence-electron chi connectivity index (χ1n) is 3.08. The molecule has 5 heteroatoms. The molecule has 0 radical (unpaired) electrons. The summed E-state index contributed by atoms with van der Waals surface area (Å²) in [5.74, 6) is -2.04. The first kappa shape index (κ1) is 8.45. The number of aromatic carboxylic acids is 1. The molecule has 64 valence electrons. The molecule has 0 atom stereocenters. The van der Waals surface area contributed by atoms with E-state index in [1.54, 1.807) is 0 Å². The molecule has 1 heterocycles. The molecular formula is C7H6FNO3. The lowest BCUT2D eigenvalue weighted by molar-refractivity contribution is 0.0692. The number of hydrogen-bond donors (Lipinski definition) is 1. The monoisotopic (exact) mass is 171 g/mol. The lowest BCUT2D eigenvalue weighted by Crippen LogP contribution is -2.02. The fraction of sp³-hybridized carbons (Fsp3) is 0.143. The standard InChI is InChI=1S/C7H6FNO3/c1-12-5-3-9-6(8)2-4(5)7(10)11/h2-3H,1H3,(H,10,11). The lowest BCUT2D eigenvalue weighted by Gasteiger charge is -2.02. The highest BCUT2D eigenvalue weighted by Gasteiger charge is 2.11. The van der Waals surface area contributed by atoms with Crippen molar-refractivity contribution in [3.05, 3.63) is 23.8 Å². The van der Waals surface area contributed by atoms with Gasteiger partial charge in [0.2, 0.25) is 5.95 Å². The summed E-state index contributed by atoms with van der Waals surface area (Å²) in [5.41, 5.74) is -0.231. The number of rotatable bonds is 2. The van der Waals surface area contributed by atoms with Crippen LogP contribution in [-0.4, -0.2) is 23.2 Å². The van der Waals surface area contributed by atoms with Gasteiger partial charge in [0.15, 0.2) is 5.75 Å². The number of hydrogen-bond acceptors (Lipinski definition) is 3. The van der Waals surface area contributed by atoms with E-state index < -0.39 is 11.9 Å². The Morgan fingerprint density at radius 3 is 2.92 bits per heavy atom. The Kier molecular flexibility index (Phi) is 2.23. The zero-order valence-corrected chi connectivity index (χ0v) is 6.24. The second-order valence-electron chi connectivity index (χ2n) is 2.01. The maximum absolute atomic E-state index is 12.4. The number of aromatic nitrogens is 1. The number of pyridine rings is 1. The zero-order valence-electron chi connectivity index (χ0n) is 6.24. The Balaban J connectivity index is 3.21. The van der Waals surface area contributed by atoms with E-state index >= 15 is 0 Å². The van der Waals surface area contributed by atoms with E-state index in [-0.39, 0.29) is 11.3 Å². The highest BCUT2D eigenvalue weighted by Crippen LogP contribution is 2.16. The van der Waals surface area contributed by atoms with Gasteiger partial charge in [-0.2, -0.15) is 4.39 Å². The summed E-state index contributed by atoms with van der Waals surface area (Å²) in [6.45, 7) is 0. The third-order valence-corrected chi connectivity index (χ3v) is 1.28. The van der Waals surface area contributed by atoms with E-state index in [9.17, 15) is 9.18 Å². The Hall–Kier alpha value is -1.65. The topological polar surface area (TPSA) is 59.4 Å². The predicted molar refractivity (Wildman–Crippen MR) is 37.7 cm³/mol. The number of carbonyl (C=O) groups is 1. The van der Waals surface area contributed by atoms with Crippen molar-refractivity contribution in [2.45, 2.75) is 0 Å². The molecule has 0 unspecified atom stereocenters. The highest BCUT2D eigenvalue weighted by atomic mass is 19.1. The second kappa shape index (κ2) is 3.17. The molecule has 0 saturated heterocycles. The molecule has 0 amide bonds. The van der Waals surface area contributed by atoms with Gasteiger partial charge in [0.25, 0.3) is 0 Å². The van der Waals surface area contributed by atoms with Gasteiger partial charge in [0, 0.05) is 6.07 Å². The van der Waals surface area contributed by atoms with Gasteiger partial charge < -0.3 is 9.84 Å². The molecule has 0 saturated carbocycles. The van der Waals surface area contributed by atoms with Gasteiger partial charge in [-0.05, 0) is 0 Å². The van der Waals surface area contributed by atoms with Crippen LogP contribution in [0.3, 0.4) is 0 Å². The molecule has 0 aliphatic rings. The minimum absolute atomic E-state index is 0.0453. The molecule has 12 heavy (non-hydrogen) atoms. The van der Waals surface area contributed by atoms with Gasteiger partial charge in [-0.25, -0.2) is 9.78 Å². The van der Waals surface area contributed by atoms with Gasteiger partial charge >= 0.3 is 5.97 Å². The Labute approximate surface area is 67.6 Å². The molecule has 1 N–H and O–H groups in total. The molecule has 1 aromatic heterocycles. The van der Waals surface area contributed by atoms with Crippen LogP contribution in [0.15, 0.2) is 12.3 Å². The van der Waals surface area contributed by atoms with Crippen LogP contribution in [0.25, 0.3) is 0 Å². The van der Waals surface area contributed by atoms with Gasteiger partial charge in [-0.1, -0.05) is 0 Å². The number of nitrogens with zero attached hydrogens (tertiary/aromatic N) is 1. The van der Waals surface area contributed by atoms with Crippen LogP contribution < -0.4 is 4.74 Å². The largest absolute Gasteiger partial charge is 0.494 e. The normalized spacial score (nSPS) is 9.50. The predicted octanol–water partition coefficient (Wildman–Crippen LogP) is 0.927. The number of carboxylic acids is 1. The summed E-state index contributed by atoms with van der Waals surface area (Å²) in [6, 6.07) is 0.807. The number of methoxy groups -OCH3 is 1. The molecule has 1 rings (SSSR count). The van der Waals surface area contributed by atoms with E-state index in [0.717, 1.165) is 12.3 Å². The first-order valence-corrected chi connectivity index (χ1v) is 3.08. The van der Waals surface area contributed by atoms with Crippen LogP contribution in [0.5, 0.6) is 5.75 Å². The highest BCUT2D eigenvalue weighted by molar-refractivity contribution is 5.90. The summed E-state index contributed by atoms with van der Waals surface area (Å²) in [4.78, 5) is 13.7. The van der Waals surface area contributed by atoms with E-state index in [1.165, 1.54) is 7.11 Å². The van der Waals surface area contributed by atoms with E-state index in [0.29, 0.717) is 0 Å². The average Bonchev–Trinajstić information content (AvgIpc) is 2.04. The minimum Gasteiger partial charge on any atom is -0.494 e. The molecule has 0 fully saturated rings. The van der Waals surface area contributed by atoms with Crippen molar-refractivity contribution in [3.8, 4) is 5.75 Å². The van der Waals surface area contributed by atoms with Crippen LogP contribution in [-0.2, 0) is 0 Å². The summed E-state index contributed by atoms with van der Waals surface area (Å²) in [7, 11) is 1.29. The van der Waals surface area contributed by atoms with Crippen LogP contribution in [0, 0.1) is 5.95 Å². The van der Waals surface area contributed by atoms with Gasteiger partial charge in [0.1, 0.15) is 5.56 Å². The average molecular weight is 171 g/mol. The quantitative estimate of drug-likeness (QED) is 0.672. The fourth-order valence-corrected chi connectivity index (χ4v) is 0.747. The van der Waals surface area contributed by atoms with Crippen molar-refractivity contribution in [2.24, 2.45) is 0 Å². The first-order chi connectivity index (χ1) is 5.65. The van der Waals surface area contributed by atoms with Crippen molar-refractivity contribution in [2.75, 3.05) is 7.11 Å². The van der Waals surface area contributed by atoms with E-state index in [1.807, 2.05) is 0 Å². The van der Waals surface area contributed by atoms with Crippen molar-refractivity contribution in [1.82, 2.24) is 4.98 Å². The SMILES string of the molecule is COc1cnc(F)cc1C(=O)O. The van der Waals surface area contributed by atoms with Crippen molar-refractivity contribution >= 4 is 5.97 Å². The number of carboxylic acid groups (broad SMARTS) is 1. The molecule has 4 nitrogen and oxygen atoms in total.